The number of hydrogen-bond acceptors (Lipinski definition) is 3. The summed E-state index contributed by atoms with van der Waals surface area (Å²) < 4.78 is 5.36. The first-order valence-corrected chi connectivity index (χ1v) is 6.29. The maximum absolute atomic E-state index is 11.2. The van der Waals surface area contributed by atoms with Crippen molar-refractivity contribution < 1.29 is 9.53 Å². The molecule has 1 atom stereocenters. The molecule has 100 valence electrons. The molecule has 1 aromatic carbocycles. The minimum absolute atomic E-state index is 0.0531. The Kier molecular flexibility index (Phi) is 6.22. The van der Waals surface area contributed by atoms with Gasteiger partial charge in [-0.1, -0.05) is 25.1 Å². The van der Waals surface area contributed by atoms with Gasteiger partial charge in [-0.2, -0.15) is 0 Å². The quantitative estimate of drug-likeness (QED) is 0.776. The van der Waals surface area contributed by atoms with Crippen LogP contribution in [0.3, 0.4) is 0 Å². The van der Waals surface area contributed by atoms with Gasteiger partial charge in [-0.15, -0.1) is 0 Å². The monoisotopic (exact) mass is 250 g/mol. The van der Waals surface area contributed by atoms with E-state index in [1.807, 2.05) is 18.2 Å². The number of nitrogens with one attached hydrogen (secondary N) is 2. The molecule has 0 aliphatic carbocycles. The van der Waals surface area contributed by atoms with Gasteiger partial charge >= 0.3 is 0 Å². The Bertz CT molecular complexity index is 380. The molecule has 4 heteroatoms. The third-order valence-electron chi connectivity index (χ3n) is 2.94. The molecule has 1 aromatic rings. The van der Waals surface area contributed by atoms with Crippen molar-refractivity contribution in [2.24, 2.45) is 0 Å². The fourth-order valence-corrected chi connectivity index (χ4v) is 1.91. The lowest BCUT2D eigenvalue weighted by Crippen LogP contribution is -2.27. The Labute approximate surface area is 109 Å². The number of amides is 1. The summed E-state index contributed by atoms with van der Waals surface area (Å²) in [6.45, 7) is 2.78. The lowest BCUT2D eigenvalue weighted by atomic mass is 10.0. The average molecular weight is 250 g/mol. The van der Waals surface area contributed by atoms with Crippen LogP contribution in [0.1, 0.15) is 31.4 Å². The predicted molar refractivity (Wildman–Crippen MR) is 72.7 cm³/mol. The summed E-state index contributed by atoms with van der Waals surface area (Å²) in [5.41, 5.74) is 1.14. The fraction of sp³-hybridized carbons (Fsp3) is 0.500. The Morgan fingerprint density at radius 3 is 2.72 bits per heavy atom. The summed E-state index contributed by atoms with van der Waals surface area (Å²) in [5.74, 6) is 0.939. The standard InChI is InChI=1S/C14H22N2O2/c1-4-12(16-10-9-14(17)15-2)11-7-5-6-8-13(11)18-3/h5-8,12,16H,4,9-10H2,1-3H3,(H,15,17). The van der Waals surface area contributed by atoms with Crippen LogP contribution in [0.25, 0.3) is 0 Å². The highest BCUT2D eigenvalue weighted by atomic mass is 16.5. The second-order valence-corrected chi connectivity index (χ2v) is 4.08. The molecule has 0 bridgehead atoms. The zero-order chi connectivity index (χ0) is 13.4. The number of hydrogen-bond donors (Lipinski definition) is 2. The molecule has 4 nitrogen and oxygen atoms in total. The van der Waals surface area contributed by atoms with E-state index in [9.17, 15) is 4.79 Å². The highest BCUT2D eigenvalue weighted by Gasteiger charge is 2.13. The van der Waals surface area contributed by atoms with Crippen molar-refractivity contribution in [2.75, 3.05) is 20.7 Å². The molecule has 0 radical (unpaired) electrons. The zero-order valence-electron chi connectivity index (χ0n) is 11.3. The minimum Gasteiger partial charge on any atom is -0.496 e. The molecule has 0 saturated heterocycles. The van der Waals surface area contributed by atoms with Gasteiger partial charge in [-0.25, -0.2) is 0 Å². The van der Waals surface area contributed by atoms with E-state index >= 15 is 0 Å². The number of rotatable bonds is 7. The van der Waals surface area contributed by atoms with Crippen molar-refractivity contribution in [3.63, 3.8) is 0 Å². The molecule has 0 aromatic heterocycles. The SMILES string of the molecule is CCC(NCCC(=O)NC)c1ccccc1OC. The van der Waals surface area contributed by atoms with E-state index in [1.54, 1.807) is 14.2 Å². The Morgan fingerprint density at radius 2 is 2.11 bits per heavy atom. The van der Waals surface area contributed by atoms with Crippen molar-refractivity contribution in [3.05, 3.63) is 29.8 Å². The first-order valence-electron chi connectivity index (χ1n) is 6.29. The third-order valence-corrected chi connectivity index (χ3v) is 2.94. The van der Waals surface area contributed by atoms with Crippen LogP contribution in [0.5, 0.6) is 5.75 Å². The molecule has 18 heavy (non-hydrogen) atoms. The van der Waals surface area contributed by atoms with Crippen LogP contribution in [0.15, 0.2) is 24.3 Å². The second kappa shape index (κ2) is 7.71. The van der Waals surface area contributed by atoms with Crippen LogP contribution in [0.2, 0.25) is 0 Å². The van der Waals surface area contributed by atoms with E-state index in [4.69, 9.17) is 4.74 Å². The van der Waals surface area contributed by atoms with E-state index in [2.05, 4.69) is 23.6 Å². The van der Waals surface area contributed by atoms with Crippen molar-refractivity contribution in [1.82, 2.24) is 10.6 Å². The van der Waals surface area contributed by atoms with Crippen molar-refractivity contribution >= 4 is 5.91 Å². The number of methoxy groups -OCH3 is 1. The first-order chi connectivity index (χ1) is 8.72. The molecule has 1 unspecified atom stereocenters. The predicted octanol–water partition coefficient (Wildman–Crippen LogP) is 1.87. The largest absolute Gasteiger partial charge is 0.496 e. The smallest absolute Gasteiger partial charge is 0.221 e. The molecule has 1 rings (SSSR count). The number of carbonyl (C=O) groups is 1. The van der Waals surface area contributed by atoms with Crippen LogP contribution in [0.4, 0.5) is 0 Å². The van der Waals surface area contributed by atoms with Crippen LogP contribution < -0.4 is 15.4 Å². The first kappa shape index (κ1) is 14.5. The van der Waals surface area contributed by atoms with E-state index < -0.39 is 0 Å². The van der Waals surface area contributed by atoms with Gasteiger partial charge in [0.15, 0.2) is 0 Å². The highest BCUT2D eigenvalue weighted by Crippen LogP contribution is 2.26. The Morgan fingerprint density at radius 1 is 1.39 bits per heavy atom. The lowest BCUT2D eigenvalue weighted by Gasteiger charge is -2.19. The Balaban J connectivity index is 2.62. The normalized spacial score (nSPS) is 11.9. The van der Waals surface area contributed by atoms with E-state index in [0.29, 0.717) is 13.0 Å². The van der Waals surface area contributed by atoms with Crippen LogP contribution >= 0.6 is 0 Å². The molecule has 0 saturated carbocycles. The Hall–Kier alpha value is -1.55. The highest BCUT2D eigenvalue weighted by molar-refractivity contribution is 5.75. The summed E-state index contributed by atoms with van der Waals surface area (Å²) in [6.07, 6.45) is 1.44. The number of carbonyl (C=O) groups excluding carboxylic acids is 1. The summed E-state index contributed by atoms with van der Waals surface area (Å²) in [6, 6.07) is 8.18. The molecule has 0 spiro atoms. The van der Waals surface area contributed by atoms with Crippen LogP contribution in [0, 0.1) is 0 Å². The van der Waals surface area contributed by atoms with Gasteiger partial charge < -0.3 is 15.4 Å². The molecule has 0 fully saturated rings. The van der Waals surface area contributed by atoms with E-state index in [-0.39, 0.29) is 11.9 Å². The second-order valence-electron chi connectivity index (χ2n) is 4.08. The van der Waals surface area contributed by atoms with Crippen molar-refractivity contribution in [1.29, 1.82) is 0 Å². The van der Waals surface area contributed by atoms with Gasteiger partial charge in [0.05, 0.1) is 7.11 Å². The summed E-state index contributed by atoms with van der Waals surface area (Å²) in [5, 5.41) is 6.00. The maximum atomic E-state index is 11.2. The summed E-state index contributed by atoms with van der Waals surface area (Å²) in [7, 11) is 3.33. The van der Waals surface area contributed by atoms with Crippen LogP contribution in [-0.4, -0.2) is 26.6 Å². The summed E-state index contributed by atoms with van der Waals surface area (Å²) >= 11 is 0. The molecule has 0 heterocycles. The molecular weight excluding hydrogens is 228 g/mol. The molecule has 0 aliphatic heterocycles. The van der Waals surface area contributed by atoms with Gasteiger partial charge in [0.25, 0.3) is 0 Å². The fourth-order valence-electron chi connectivity index (χ4n) is 1.91. The van der Waals surface area contributed by atoms with Gasteiger partial charge in [0.2, 0.25) is 5.91 Å². The van der Waals surface area contributed by atoms with Gasteiger partial charge in [0.1, 0.15) is 5.75 Å². The van der Waals surface area contributed by atoms with Gasteiger partial charge in [0, 0.05) is 31.6 Å². The van der Waals surface area contributed by atoms with Gasteiger partial charge in [-0.05, 0) is 12.5 Å². The maximum Gasteiger partial charge on any atom is 0.221 e. The molecule has 0 aliphatic rings. The molecular formula is C14H22N2O2. The summed E-state index contributed by atoms with van der Waals surface area (Å²) in [4.78, 5) is 11.2. The van der Waals surface area contributed by atoms with Crippen molar-refractivity contribution in [2.45, 2.75) is 25.8 Å². The van der Waals surface area contributed by atoms with Gasteiger partial charge in [-0.3, -0.25) is 4.79 Å². The van der Waals surface area contributed by atoms with E-state index in [0.717, 1.165) is 17.7 Å². The zero-order valence-corrected chi connectivity index (χ0v) is 11.3. The minimum atomic E-state index is 0.0531. The number of benzene rings is 1. The number of ether oxygens (including phenoxy) is 1. The number of para-hydroxylation sites is 1. The molecule has 2 N–H and O–H groups in total. The van der Waals surface area contributed by atoms with Crippen LogP contribution in [-0.2, 0) is 4.79 Å². The molecule has 1 amide bonds. The topological polar surface area (TPSA) is 50.4 Å². The van der Waals surface area contributed by atoms with Crippen molar-refractivity contribution in [3.8, 4) is 5.75 Å². The third kappa shape index (κ3) is 4.04. The average Bonchev–Trinajstić information content (AvgIpc) is 2.43. The lowest BCUT2D eigenvalue weighted by molar-refractivity contribution is -0.120. The van der Waals surface area contributed by atoms with E-state index in [1.165, 1.54) is 0 Å².